The molecular formula is C23H27N3O5S. The van der Waals surface area contributed by atoms with Gasteiger partial charge >= 0.3 is 0 Å². The van der Waals surface area contributed by atoms with Crippen molar-refractivity contribution >= 4 is 33.2 Å². The van der Waals surface area contributed by atoms with E-state index in [4.69, 9.17) is 4.74 Å². The van der Waals surface area contributed by atoms with Crippen LogP contribution in [0, 0.1) is 27.7 Å². The van der Waals surface area contributed by atoms with Gasteiger partial charge in [-0.05, 0) is 63.3 Å². The Morgan fingerprint density at radius 3 is 2.47 bits per heavy atom. The zero-order valence-electron chi connectivity index (χ0n) is 18.6. The van der Waals surface area contributed by atoms with E-state index < -0.39 is 16.1 Å². The van der Waals surface area contributed by atoms with Gasteiger partial charge in [0.1, 0.15) is 11.8 Å². The number of carbonyl (C=O) groups excluding carboxylic acids is 2. The Morgan fingerprint density at radius 1 is 1.09 bits per heavy atom. The van der Waals surface area contributed by atoms with E-state index in [9.17, 15) is 18.0 Å². The normalized spacial score (nSPS) is 18.6. The molecule has 9 heteroatoms. The summed E-state index contributed by atoms with van der Waals surface area (Å²) in [7, 11) is -3.95. The minimum Gasteiger partial charge on any atom is -0.482 e. The molecule has 1 fully saturated rings. The zero-order valence-corrected chi connectivity index (χ0v) is 19.4. The number of anilines is 2. The molecule has 2 amide bonds. The van der Waals surface area contributed by atoms with Crippen LogP contribution in [0.4, 0.5) is 11.4 Å². The molecule has 2 aromatic carbocycles. The van der Waals surface area contributed by atoms with Crippen LogP contribution in [0.3, 0.4) is 0 Å². The number of amides is 2. The predicted molar refractivity (Wildman–Crippen MR) is 122 cm³/mol. The Kier molecular flexibility index (Phi) is 5.72. The summed E-state index contributed by atoms with van der Waals surface area (Å²) in [5.41, 5.74) is 4.62. The molecule has 0 aliphatic carbocycles. The summed E-state index contributed by atoms with van der Waals surface area (Å²) in [6, 6.07) is 6.20. The molecule has 170 valence electrons. The van der Waals surface area contributed by atoms with E-state index in [-0.39, 0.29) is 29.9 Å². The van der Waals surface area contributed by atoms with Crippen molar-refractivity contribution in [3.8, 4) is 5.75 Å². The highest BCUT2D eigenvalue weighted by Crippen LogP contribution is 2.36. The first-order chi connectivity index (χ1) is 15.1. The van der Waals surface area contributed by atoms with Gasteiger partial charge in [-0.2, -0.15) is 4.31 Å². The van der Waals surface area contributed by atoms with Crippen molar-refractivity contribution in [2.75, 3.05) is 23.8 Å². The lowest BCUT2D eigenvalue weighted by Gasteiger charge is -2.26. The summed E-state index contributed by atoms with van der Waals surface area (Å²) in [6.07, 6.45) is 1.05. The van der Waals surface area contributed by atoms with Crippen molar-refractivity contribution < 1.29 is 22.7 Å². The van der Waals surface area contributed by atoms with Crippen molar-refractivity contribution in [1.82, 2.24) is 4.31 Å². The average molecular weight is 458 g/mol. The van der Waals surface area contributed by atoms with Crippen molar-refractivity contribution in [1.29, 1.82) is 0 Å². The van der Waals surface area contributed by atoms with Gasteiger partial charge in [0.05, 0.1) is 10.6 Å². The van der Waals surface area contributed by atoms with Gasteiger partial charge < -0.3 is 15.4 Å². The van der Waals surface area contributed by atoms with E-state index >= 15 is 0 Å². The van der Waals surface area contributed by atoms with Crippen LogP contribution in [0.2, 0.25) is 0 Å². The van der Waals surface area contributed by atoms with E-state index in [0.717, 1.165) is 22.4 Å². The van der Waals surface area contributed by atoms with Crippen LogP contribution in [0.25, 0.3) is 0 Å². The molecule has 1 saturated heterocycles. The van der Waals surface area contributed by atoms with Crippen molar-refractivity contribution in [3.63, 3.8) is 0 Å². The van der Waals surface area contributed by atoms with E-state index in [1.807, 2.05) is 32.9 Å². The molecule has 2 heterocycles. The number of nitrogens with zero attached hydrogens (tertiary/aromatic N) is 1. The SMILES string of the molecule is Cc1cc(C)c(NC(=O)[C@H]2CCCN2S(=O)(=O)c2cc3c(cc2C)NC(=O)CO3)c(C)c1. The van der Waals surface area contributed by atoms with E-state index in [2.05, 4.69) is 10.6 Å². The Labute approximate surface area is 188 Å². The molecule has 0 aromatic heterocycles. The Bertz CT molecular complexity index is 1200. The fourth-order valence-electron chi connectivity index (χ4n) is 4.49. The molecule has 4 rings (SSSR count). The highest BCUT2D eigenvalue weighted by Gasteiger charge is 2.40. The predicted octanol–water partition coefficient (Wildman–Crippen LogP) is 3.04. The Morgan fingerprint density at radius 2 is 1.78 bits per heavy atom. The number of hydrogen-bond donors (Lipinski definition) is 2. The fourth-order valence-corrected chi connectivity index (χ4v) is 6.37. The monoisotopic (exact) mass is 457 g/mol. The van der Waals surface area contributed by atoms with Crippen LogP contribution in [0.15, 0.2) is 29.2 Å². The van der Waals surface area contributed by atoms with Crippen molar-refractivity contribution in [2.24, 2.45) is 0 Å². The Hall–Kier alpha value is -2.91. The van der Waals surface area contributed by atoms with Gasteiger partial charge in [-0.1, -0.05) is 17.7 Å². The third-order valence-electron chi connectivity index (χ3n) is 5.93. The average Bonchev–Trinajstić information content (AvgIpc) is 3.20. The first-order valence-electron chi connectivity index (χ1n) is 10.6. The van der Waals surface area contributed by atoms with Gasteiger partial charge in [0.15, 0.2) is 6.61 Å². The van der Waals surface area contributed by atoms with Gasteiger partial charge in [-0.15, -0.1) is 0 Å². The summed E-state index contributed by atoms with van der Waals surface area (Å²) < 4.78 is 33.8. The number of sulfonamides is 1. The first-order valence-corrected chi connectivity index (χ1v) is 12.0. The summed E-state index contributed by atoms with van der Waals surface area (Å²) in [6.45, 7) is 7.60. The van der Waals surface area contributed by atoms with Crippen LogP contribution in [0.5, 0.6) is 5.75 Å². The minimum atomic E-state index is -3.95. The number of nitrogens with one attached hydrogen (secondary N) is 2. The topological polar surface area (TPSA) is 105 Å². The van der Waals surface area contributed by atoms with Crippen LogP contribution >= 0.6 is 0 Å². The van der Waals surface area contributed by atoms with Crippen molar-refractivity contribution in [3.05, 3.63) is 46.5 Å². The second-order valence-corrected chi connectivity index (χ2v) is 10.3. The number of carbonyl (C=O) groups is 2. The third kappa shape index (κ3) is 3.98. The number of hydrogen-bond acceptors (Lipinski definition) is 5. The maximum atomic E-state index is 13.6. The summed E-state index contributed by atoms with van der Waals surface area (Å²) >= 11 is 0. The number of ether oxygens (including phenoxy) is 1. The second-order valence-electron chi connectivity index (χ2n) is 8.49. The van der Waals surface area contributed by atoms with Gasteiger partial charge in [0.25, 0.3) is 5.91 Å². The molecule has 1 atom stereocenters. The third-order valence-corrected chi connectivity index (χ3v) is 7.98. The highest BCUT2D eigenvalue weighted by atomic mass is 32.2. The van der Waals surface area contributed by atoms with Crippen molar-refractivity contribution in [2.45, 2.75) is 51.5 Å². The molecule has 2 aromatic rings. The quantitative estimate of drug-likeness (QED) is 0.734. The molecule has 8 nitrogen and oxygen atoms in total. The second kappa shape index (κ2) is 8.22. The lowest BCUT2D eigenvalue weighted by atomic mass is 10.0. The number of rotatable bonds is 4. The highest BCUT2D eigenvalue weighted by molar-refractivity contribution is 7.89. The summed E-state index contributed by atoms with van der Waals surface area (Å²) in [5, 5.41) is 5.63. The Balaban J connectivity index is 1.63. The molecule has 2 N–H and O–H groups in total. The van der Waals surface area contributed by atoms with Crippen LogP contribution < -0.4 is 15.4 Å². The van der Waals surface area contributed by atoms with E-state index in [0.29, 0.717) is 29.8 Å². The van der Waals surface area contributed by atoms with Gasteiger partial charge in [-0.25, -0.2) is 8.42 Å². The largest absolute Gasteiger partial charge is 0.482 e. The molecular weight excluding hydrogens is 430 g/mol. The molecule has 0 spiro atoms. The summed E-state index contributed by atoms with van der Waals surface area (Å²) in [5.74, 6) is -0.314. The molecule has 2 aliphatic rings. The lowest BCUT2D eigenvalue weighted by Crippen LogP contribution is -2.43. The molecule has 0 unspecified atom stereocenters. The molecule has 0 saturated carbocycles. The maximum absolute atomic E-state index is 13.6. The van der Waals surface area contributed by atoms with Crippen LogP contribution in [-0.4, -0.2) is 43.7 Å². The number of fused-ring (bicyclic) bond motifs is 1. The number of aryl methyl sites for hydroxylation is 4. The van der Waals surface area contributed by atoms with Gasteiger partial charge in [0, 0.05) is 18.3 Å². The zero-order chi connectivity index (χ0) is 23.2. The lowest BCUT2D eigenvalue weighted by molar-refractivity contribution is -0.119. The van der Waals surface area contributed by atoms with Crippen LogP contribution in [0.1, 0.15) is 35.1 Å². The maximum Gasteiger partial charge on any atom is 0.262 e. The van der Waals surface area contributed by atoms with Gasteiger partial charge in [-0.3, -0.25) is 9.59 Å². The van der Waals surface area contributed by atoms with Crippen LogP contribution in [-0.2, 0) is 19.6 Å². The molecule has 2 aliphatic heterocycles. The minimum absolute atomic E-state index is 0.0785. The van der Waals surface area contributed by atoms with Gasteiger partial charge in [0.2, 0.25) is 15.9 Å². The molecule has 0 bridgehead atoms. The fraction of sp³-hybridized carbons (Fsp3) is 0.391. The summed E-state index contributed by atoms with van der Waals surface area (Å²) in [4.78, 5) is 24.8. The first kappa shape index (κ1) is 22.3. The molecule has 32 heavy (non-hydrogen) atoms. The number of benzene rings is 2. The smallest absolute Gasteiger partial charge is 0.262 e. The molecule has 0 radical (unpaired) electrons. The van der Waals surface area contributed by atoms with E-state index in [1.54, 1.807) is 13.0 Å². The standard InChI is InChI=1S/C23H27N3O5S/c1-13-8-15(3)22(16(4)9-13)25-23(28)18-6-5-7-26(18)32(29,30)20-11-19-17(10-14(20)2)24-21(27)12-31-19/h8-11,18H,5-7,12H2,1-4H3,(H,24,27)(H,25,28)/t18-/m1/s1. The van der Waals surface area contributed by atoms with E-state index in [1.165, 1.54) is 10.4 Å².